The van der Waals surface area contributed by atoms with Gasteiger partial charge in [0.15, 0.2) is 0 Å². The minimum absolute atomic E-state index is 0.0648. The highest BCUT2D eigenvalue weighted by atomic mass is 16.2. The lowest BCUT2D eigenvalue weighted by Crippen LogP contribution is -2.26. The second kappa shape index (κ2) is 8.18. The van der Waals surface area contributed by atoms with Crippen molar-refractivity contribution in [3.05, 3.63) is 93.8 Å². The molecule has 0 N–H and O–H groups in total. The minimum atomic E-state index is 0.0648. The lowest BCUT2D eigenvalue weighted by Gasteiger charge is -2.22. The monoisotopic (exact) mass is 437 g/mol. The highest BCUT2D eigenvalue weighted by molar-refractivity contribution is 5.98. The molecule has 5 rings (SSSR count). The fourth-order valence-corrected chi connectivity index (χ4v) is 5.52. The number of hydrogen-bond acceptors (Lipinski definition) is 2. The molecule has 0 saturated carbocycles. The quantitative estimate of drug-likeness (QED) is 0.384. The van der Waals surface area contributed by atoms with E-state index in [-0.39, 0.29) is 11.8 Å². The SMILES string of the molecule is Cc1cc(C)c(Cn2c(C3CC(=O)N(c4c(C)cccc4C)C3)nc3ccccc32)c(C)c1. The number of carbonyl (C=O) groups excluding carboxylic acids is 1. The summed E-state index contributed by atoms with van der Waals surface area (Å²) in [4.78, 5) is 20.2. The van der Waals surface area contributed by atoms with Gasteiger partial charge in [0.2, 0.25) is 5.91 Å². The highest BCUT2D eigenvalue weighted by Gasteiger charge is 2.36. The van der Waals surface area contributed by atoms with Gasteiger partial charge in [0.05, 0.1) is 11.0 Å². The minimum Gasteiger partial charge on any atom is -0.323 e. The van der Waals surface area contributed by atoms with E-state index in [0.29, 0.717) is 13.0 Å². The lowest BCUT2D eigenvalue weighted by molar-refractivity contribution is -0.117. The van der Waals surface area contributed by atoms with Crippen LogP contribution in [0.5, 0.6) is 0 Å². The van der Waals surface area contributed by atoms with Crippen molar-refractivity contribution in [2.24, 2.45) is 0 Å². The molecule has 1 unspecified atom stereocenters. The third kappa shape index (κ3) is 3.74. The van der Waals surface area contributed by atoms with E-state index in [1.54, 1.807) is 0 Å². The van der Waals surface area contributed by atoms with Gasteiger partial charge < -0.3 is 9.47 Å². The van der Waals surface area contributed by atoms with E-state index < -0.39 is 0 Å². The zero-order valence-corrected chi connectivity index (χ0v) is 20.1. The first-order valence-electron chi connectivity index (χ1n) is 11.7. The summed E-state index contributed by atoms with van der Waals surface area (Å²) in [5.41, 5.74) is 10.7. The largest absolute Gasteiger partial charge is 0.323 e. The van der Waals surface area contributed by atoms with Crippen molar-refractivity contribution in [3.8, 4) is 0 Å². The number of rotatable bonds is 4. The zero-order chi connectivity index (χ0) is 23.3. The Labute approximate surface area is 195 Å². The summed E-state index contributed by atoms with van der Waals surface area (Å²) in [5.74, 6) is 1.26. The highest BCUT2D eigenvalue weighted by Crippen LogP contribution is 2.36. The molecule has 1 amide bonds. The van der Waals surface area contributed by atoms with Crippen LogP contribution in [0, 0.1) is 34.6 Å². The van der Waals surface area contributed by atoms with Gasteiger partial charge in [-0.2, -0.15) is 0 Å². The van der Waals surface area contributed by atoms with E-state index in [1.165, 1.54) is 22.3 Å². The van der Waals surface area contributed by atoms with Gasteiger partial charge in [0.25, 0.3) is 0 Å². The summed E-state index contributed by atoms with van der Waals surface area (Å²) in [6.45, 7) is 12.1. The van der Waals surface area contributed by atoms with Crippen LogP contribution >= 0.6 is 0 Å². The Kier molecular flexibility index (Phi) is 5.32. The first-order chi connectivity index (χ1) is 15.8. The lowest BCUT2D eigenvalue weighted by atomic mass is 9.99. The zero-order valence-electron chi connectivity index (χ0n) is 20.1. The van der Waals surface area contributed by atoms with Crippen molar-refractivity contribution in [2.75, 3.05) is 11.4 Å². The van der Waals surface area contributed by atoms with Crippen molar-refractivity contribution in [1.82, 2.24) is 9.55 Å². The molecule has 168 valence electrons. The van der Waals surface area contributed by atoms with E-state index in [4.69, 9.17) is 4.98 Å². The third-order valence-corrected chi connectivity index (χ3v) is 7.04. The van der Waals surface area contributed by atoms with Crippen molar-refractivity contribution in [2.45, 2.75) is 53.5 Å². The molecule has 1 aliphatic rings. The predicted molar refractivity (Wildman–Crippen MR) is 135 cm³/mol. The molecule has 0 spiro atoms. The average molecular weight is 438 g/mol. The first kappa shape index (κ1) is 21.4. The van der Waals surface area contributed by atoms with Crippen molar-refractivity contribution in [3.63, 3.8) is 0 Å². The van der Waals surface area contributed by atoms with E-state index in [2.05, 4.69) is 87.7 Å². The molecule has 4 nitrogen and oxygen atoms in total. The molecule has 1 aromatic heterocycles. The van der Waals surface area contributed by atoms with Gasteiger partial charge in [0.1, 0.15) is 5.82 Å². The number of imidazole rings is 1. The number of aromatic nitrogens is 2. The molecule has 0 aliphatic carbocycles. The van der Waals surface area contributed by atoms with Crippen LogP contribution in [0.4, 0.5) is 5.69 Å². The van der Waals surface area contributed by atoms with Gasteiger partial charge in [-0.05, 0) is 74.6 Å². The molecule has 3 aromatic carbocycles. The summed E-state index contributed by atoms with van der Waals surface area (Å²) in [5, 5.41) is 0. The molecule has 1 aliphatic heterocycles. The molecule has 33 heavy (non-hydrogen) atoms. The Morgan fingerprint density at radius 3 is 2.24 bits per heavy atom. The van der Waals surface area contributed by atoms with Crippen molar-refractivity contribution >= 4 is 22.6 Å². The predicted octanol–water partition coefficient (Wildman–Crippen LogP) is 6.15. The second-order valence-corrected chi connectivity index (χ2v) is 9.57. The van der Waals surface area contributed by atoms with Gasteiger partial charge >= 0.3 is 0 Å². The molecule has 1 fully saturated rings. The molecule has 4 heteroatoms. The van der Waals surface area contributed by atoms with Gasteiger partial charge in [-0.25, -0.2) is 4.98 Å². The number of para-hydroxylation sites is 3. The molecular formula is C29H31N3O. The molecular weight excluding hydrogens is 406 g/mol. The van der Waals surface area contributed by atoms with Crippen molar-refractivity contribution < 1.29 is 4.79 Å². The normalized spacial score (nSPS) is 16.2. The van der Waals surface area contributed by atoms with E-state index in [9.17, 15) is 4.79 Å². The Bertz CT molecular complexity index is 1340. The van der Waals surface area contributed by atoms with Gasteiger partial charge in [-0.1, -0.05) is 48.0 Å². The Balaban J connectivity index is 1.58. The van der Waals surface area contributed by atoms with Crippen LogP contribution < -0.4 is 4.90 Å². The summed E-state index contributed by atoms with van der Waals surface area (Å²) in [6, 6.07) is 19.1. The first-order valence-corrected chi connectivity index (χ1v) is 11.7. The Morgan fingerprint density at radius 1 is 0.879 bits per heavy atom. The maximum absolute atomic E-state index is 13.2. The number of amides is 1. The topological polar surface area (TPSA) is 38.1 Å². The number of nitrogens with zero attached hydrogens (tertiary/aromatic N) is 3. The van der Waals surface area contributed by atoms with E-state index in [0.717, 1.165) is 40.2 Å². The summed E-state index contributed by atoms with van der Waals surface area (Å²) < 4.78 is 2.34. The number of aryl methyl sites for hydroxylation is 5. The molecule has 2 heterocycles. The Morgan fingerprint density at radius 2 is 1.55 bits per heavy atom. The van der Waals surface area contributed by atoms with Crippen LogP contribution in [0.3, 0.4) is 0 Å². The van der Waals surface area contributed by atoms with Crippen LogP contribution in [0.1, 0.15) is 51.5 Å². The standard InChI is InChI=1S/C29H31N3O/c1-18-13-21(4)24(22(5)14-18)17-31-26-12-7-6-11-25(26)30-29(31)23-15-27(33)32(16-23)28-19(2)9-8-10-20(28)3/h6-14,23H,15-17H2,1-5H3. The van der Waals surface area contributed by atoms with Crippen LogP contribution in [-0.2, 0) is 11.3 Å². The summed E-state index contributed by atoms with van der Waals surface area (Å²) in [7, 11) is 0. The summed E-state index contributed by atoms with van der Waals surface area (Å²) >= 11 is 0. The van der Waals surface area contributed by atoms with Gasteiger partial charge in [0, 0.05) is 31.1 Å². The number of anilines is 1. The molecule has 0 radical (unpaired) electrons. The van der Waals surface area contributed by atoms with Crippen LogP contribution in [0.25, 0.3) is 11.0 Å². The number of fused-ring (bicyclic) bond motifs is 1. The fraction of sp³-hybridized carbons (Fsp3) is 0.310. The van der Waals surface area contributed by atoms with E-state index in [1.807, 2.05) is 11.0 Å². The van der Waals surface area contributed by atoms with Gasteiger partial charge in [-0.3, -0.25) is 4.79 Å². The van der Waals surface area contributed by atoms with Gasteiger partial charge in [-0.15, -0.1) is 0 Å². The number of benzene rings is 3. The number of hydrogen-bond donors (Lipinski definition) is 0. The summed E-state index contributed by atoms with van der Waals surface area (Å²) in [6.07, 6.45) is 0.489. The van der Waals surface area contributed by atoms with Crippen molar-refractivity contribution in [1.29, 1.82) is 0 Å². The smallest absolute Gasteiger partial charge is 0.227 e. The molecule has 4 aromatic rings. The third-order valence-electron chi connectivity index (χ3n) is 7.04. The van der Waals surface area contributed by atoms with Crippen LogP contribution in [-0.4, -0.2) is 22.0 Å². The van der Waals surface area contributed by atoms with Crippen LogP contribution in [0.2, 0.25) is 0 Å². The maximum atomic E-state index is 13.2. The molecule has 0 bridgehead atoms. The Hall–Kier alpha value is -3.40. The maximum Gasteiger partial charge on any atom is 0.227 e. The second-order valence-electron chi connectivity index (χ2n) is 9.57. The number of carbonyl (C=O) groups is 1. The fourth-order valence-electron chi connectivity index (χ4n) is 5.52. The van der Waals surface area contributed by atoms with E-state index >= 15 is 0 Å². The average Bonchev–Trinajstić information content (AvgIpc) is 3.31. The molecule has 1 saturated heterocycles. The molecule has 1 atom stereocenters. The van der Waals surface area contributed by atoms with Crippen LogP contribution in [0.15, 0.2) is 54.6 Å².